The number of hydrogen-bond donors (Lipinski definition) is 1. The van der Waals surface area contributed by atoms with Crippen molar-refractivity contribution >= 4 is 50.9 Å². The summed E-state index contributed by atoms with van der Waals surface area (Å²) in [5, 5.41) is 15.4. The molecule has 0 aliphatic rings. The fraction of sp³-hybridized carbons (Fsp3) is 0.0667. The van der Waals surface area contributed by atoms with E-state index in [-0.39, 0.29) is 11.7 Å². The number of hydrogen-bond acceptors (Lipinski definition) is 5. The number of carbonyl (C=O) groups excluding carboxylic acids is 1. The van der Waals surface area contributed by atoms with Crippen molar-refractivity contribution in [2.24, 2.45) is 0 Å². The van der Waals surface area contributed by atoms with Crippen LogP contribution in [-0.4, -0.2) is 31.9 Å². The lowest BCUT2D eigenvalue weighted by Gasteiger charge is -2.07. The van der Waals surface area contributed by atoms with Gasteiger partial charge in [-0.25, -0.2) is 0 Å². The molecule has 1 N–H and O–H groups in total. The number of benzene rings is 2. The molecule has 3 aromatic rings. The minimum absolute atomic E-state index is 0.163. The Morgan fingerprint density at radius 1 is 1.21 bits per heavy atom. The molecule has 0 saturated carbocycles. The summed E-state index contributed by atoms with van der Waals surface area (Å²) in [4.78, 5) is 12.1. The van der Waals surface area contributed by atoms with Crippen molar-refractivity contribution in [1.29, 1.82) is 0 Å². The summed E-state index contributed by atoms with van der Waals surface area (Å²) in [5.74, 6) is -0.0226. The van der Waals surface area contributed by atoms with Gasteiger partial charge in [-0.2, -0.15) is 4.68 Å². The van der Waals surface area contributed by atoms with Crippen molar-refractivity contribution in [3.63, 3.8) is 0 Å². The molecule has 0 bridgehead atoms. The van der Waals surface area contributed by atoms with Gasteiger partial charge in [0, 0.05) is 4.47 Å². The number of aromatic nitrogens is 4. The van der Waals surface area contributed by atoms with Crippen LogP contribution in [0.2, 0.25) is 5.02 Å². The molecule has 0 aliphatic heterocycles. The Kier molecular flexibility index (Phi) is 5.49. The lowest BCUT2D eigenvalue weighted by molar-refractivity contribution is -0.113. The molecule has 9 heteroatoms. The summed E-state index contributed by atoms with van der Waals surface area (Å²) < 4.78 is 2.44. The Hall–Kier alpha value is -1.90. The van der Waals surface area contributed by atoms with Gasteiger partial charge in [0.25, 0.3) is 0 Å². The van der Waals surface area contributed by atoms with Gasteiger partial charge in [0.2, 0.25) is 11.1 Å². The van der Waals surface area contributed by atoms with E-state index >= 15 is 0 Å². The van der Waals surface area contributed by atoms with Gasteiger partial charge in [-0.05, 0) is 50.6 Å². The fourth-order valence-electron chi connectivity index (χ4n) is 1.92. The Morgan fingerprint density at radius 3 is 2.75 bits per heavy atom. The Morgan fingerprint density at radius 2 is 1.96 bits per heavy atom. The molecular formula is C15H11BrClN5OS. The van der Waals surface area contributed by atoms with Crippen LogP contribution in [-0.2, 0) is 4.79 Å². The van der Waals surface area contributed by atoms with E-state index in [1.165, 1.54) is 11.8 Å². The smallest absolute Gasteiger partial charge is 0.234 e. The minimum atomic E-state index is -0.185. The zero-order valence-electron chi connectivity index (χ0n) is 12.2. The third-order valence-corrected chi connectivity index (χ3v) is 4.92. The first-order valence-electron chi connectivity index (χ1n) is 6.85. The molecule has 0 unspecified atom stereocenters. The second-order valence-corrected chi connectivity index (χ2v) is 6.85. The lowest BCUT2D eigenvalue weighted by Crippen LogP contribution is -2.15. The van der Waals surface area contributed by atoms with E-state index in [1.807, 2.05) is 30.3 Å². The summed E-state index contributed by atoms with van der Waals surface area (Å²) in [5.41, 5.74) is 1.38. The zero-order chi connectivity index (χ0) is 16.9. The van der Waals surface area contributed by atoms with E-state index in [1.54, 1.807) is 22.9 Å². The molecule has 0 radical (unpaired) electrons. The van der Waals surface area contributed by atoms with Crippen LogP contribution in [0, 0.1) is 0 Å². The van der Waals surface area contributed by atoms with Gasteiger partial charge < -0.3 is 5.32 Å². The lowest BCUT2D eigenvalue weighted by atomic mass is 10.3. The van der Waals surface area contributed by atoms with Gasteiger partial charge in [-0.1, -0.05) is 47.6 Å². The fourth-order valence-corrected chi connectivity index (χ4v) is 3.24. The minimum Gasteiger partial charge on any atom is -0.324 e. The predicted octanol–water partition coefficient (Wildman–Crippen LogP) is 3.81. The van der Waals surface area contributed by atoms with Gasteiger partial charge >= 0.3 is 0 Å². The van der Waals surface area contributed by atoms with Gasteiger partial charge in [-0.15, -0.1) is 5.10 Å². The molecule has 122 valence electrons. The molecule has 0 atom stereocenters. The standard InChI is InChI=1S/C15H11BrClN5OS/c16-10-5-1-4-8-13(10)22-15(19-20-21-22)24-9-14(23)18-12-7-3-2-6-11(12)17/h1-8H,9H2,(H,18,23). The molecule has 0 aliphatic carbocycles. The highest BCUT2D eigenvalue weighted by Crippen LogP contribution is 2.25. The number of tetrazole rings is 1. The van der Waals surface area contributed by atoms with E-state index in [0.717, 1.165) is 10.2 Å². The predicted molar refractivity (Wildman–Crippen MR) is 97.7 cm³/mol. The van der Waals surface area contributed by atoms with Crippen molar-refractivity contribution in [3.05, 3.63) is 58.0 Å². The molecule has 3 rings (SSSR count). The molecule has 1 heterocycles. The van der Waals surface area contributed by atoms with Crippen molar-refractivity contribution in [3.8, 4) is 5.69 Å². The van der Waals surface area contributed by atoms with E-state index in [9.17, 15) is 4.79 Å². The van der Waals surface area contributed by atoms with Gasteiger partial charge in [0.15, 0.2) is 0 Å². The highest BCUT2D eigenvalue weighted by Gasteiger charge is 2.13. The van der Waals surface area contributed by atoms with Crippen molar-refractivity contribution in [2.75, 3.05) is 11.1 Å². The Bertz CT molecular complexity index is 872. The molecule has 1 amide bonds. The normalized spacial score (nSPS) is 10.6. The van der Waals surface area contributed by atoms with Gasteiger partial charge in [0.05, 0.1) is 22.2 Å². The molecule has 24 heavy (non-hydrogen) atoms. The third-order valence-electron chi connectivity index (χ3n) is 3.00. The second kappa shape index (κ2) is 7.78. The van der Waals surface area contributed by atoms with Crippen molar-refractivity contribution in [2.45, 2.75) is 5.16 Å². The van der Waals surface area contributed by atoms with Gasteiger partial charge in [-0.3, -0.25) is 4.79 Å². The molecule has 0 spiro atoms. The van der Waals surface area contributed by atoms with Crippen LogP contribution in [0.3, 0.4) is 0 Å². The number of nitrogens with zero attached hydrogens (tertiary/aromatic N) is 4. The number of rotatable bonds is 5. The SMILES string of the molecule is O=C(CSc1nnnn1-c1ccccc1Br)Nc1ccccc1Cl. The molecule has 1 aromatic heterocycles. The summed E-state index contributed by atoms with van der Waals surface area (Å²) in [6.07, 6.45) is 0. The number of anilines is 1. The highest BCUT2D eigenvalue weighted by atomic mass is 79.9. The molecule has 0 fully saturated rings. The molecule has 6 nitrogen and oxygen atoms in total. The first-order valence-corrected chi connectivity index (χ1v) is 9.01. The largest absolute Gasteiger partial charge is 0.324 e. The maximum absolute atomic E-state index is 12.1. The molecule has 0 saturated heterocycles. The van der Waals surface area contributed by atoms with Crippen molar-refractivity contribution < 1.29 is 4.79 Å². The van der Waals surface area contributed by atoms with E-state index < -0.39 is 0 Å². The molecule has 2 aromatic carbocycles. The van der Waals surface area contributed by atoms with Crippen LogP contribution in [0.4, 0.5) is 5.69 Å². The van der Waals surface area contributed by atoms with E-state index in [0.29, 0.717) is 15.9 Å². The average Bonchev–Trinajstić information content (AvgIpc) is 3.04. The Labute approximate surface area is 155 Å². The highest BCUT2D eigenvalue weighted by molar-refractivity contribution is 9.10. The van der Waals surface area contributed by atoms with Crippen molar-refractivity contribution in [1.82, 2.24) is 20.2 Å². The number of halogens is 2. The summed E-state index contributed by atoms with van der Waals surface area (Å²) >= 11 is 10.7. The van der Waals surface area contributed by atoms with Crippen LogP contribution in [0.1, 0.15) is 0 Å². The maximum atomic E-state index is 12.1. The summed E-state index contributed by atoms with van der Waals surface area (Å²) in [6.45, 7) is 0. The Balaban J connectivity index is 1.68. The van der Waals surface area contributed by atoms with E-state index in [2.05, 4.69) is 36.8 Å². The monoisotopic (exact) mass is 423 g/mol. The average molecular weight is 425 g/mol. The van der Waals surface area contributed by atoms with Crippen LogP contribution in [0.15, 0.2) is 58.2 Å². The quantitative estimate of drug-likeness (QED) is 0.631. The number of para-hydroxylation sites is 2. The van der Waals surface area contributed by atoms with Crippen LogP contribution < -0.4 is 5.32 Å². The second-order valence-electron chi connectivity index (χ2n) is 4.64. The van der Waals surface area contributed by atoms with E-state index in [4.69, 9.17) is 11.6 Å². The summed E-state index contributed by atoms with van der Waals surface area (Å²) in [6, 6.07) is 14.7. The number of carbonyl (C=O) groups is 1. The van der Waals surface area contributed by atoms with Gasteiger partial charge in [0.1, 0.15) is 0 Å². The maximum Gasteiger partial charge on any atom is 0.234 e. The number of nitrogens with one attached hydrogen (secondary N) is 1. The summed E-state index contributed by atoms with van der Waals surface area (Å²) in [7, 11) is 0. The third kappa shape index (κ3) is 3.95. The van der Waals surface area contributed by atoms with Crippen LogP contribution in [0.25, 0.3) is 5.69 Å². The van der Waals surface area contributed by atoms with Crippen LogP contribution >= 0.6 is 39.3 Å². The zero-order valence-corrected chi connectivity index (χ0v) is 15.3. The number of thioether (sulfide) groups is 1. The topological polar surface area (TPSA) is 72.7 Å². The first kappa shape index (κ1) is 16.9. The van der Waals surface area contributed by atoms with Crippen LogP contribution in [0.5, 0.6) is 0 Å². The number of amides is 1. The molecular weight excluding hydrogens is 414 g/mol. The first-order chi connectivity index (χ1) is 11.6.